The normalized spacial score (nSPS) is 19.2. The number of hydrogen-bond donors (Lipinski definition) is 2. The molecule has 2 aromatic rings. The predicted molar refractivity (Wildman–Crippen MR) is 114 cm³/mol. The van der Waals surface area contributed by atoms with Gasteiger partial charge in [0.1, 0.15) is 5.75 Å². The van der Waals surface area contributed by atoms with E-state index in [0.717, 1.165) is 44.4 Å². The summed E-state index contributed by atoms with van der Waals surface area (Å²) >= 11 is 0. The highest BCUT2D eigenvalue weighted by Crippen LogP contribution is 2.17. The van der Waals surface area contributed by atoms with Crippen LogP contribution in [0.1, 0.15) is 37.3 Å². The summed E-state index contributed by atoms with van der Waals surface area (Å²) in [6, 6.07) is 19.1. The fourth-order valence-corrected chi connectivity index (χ4v) is 3.75. The standard InChI is InChI=1S/C24H32N2O2/c1-19-17-22(13-15-25-19)24(27)26-14-12-21-9-5-11-23(18-21)28-16-6-10-20-7-3-2-4-8-20/h2-5,7-9,11,18-19,22,25H,6,10,12-17H2,1H3,(H,26,27)/t19-,22-/m0/s1. The fourth-order valence-electron chi connectivity index (χ4n) is 3.75. The zero-order valence-electron chi connectivity index (χ0n) is 16.8. The largest absolute Gasteiger partial charge is 0.494 e. The first-order valence-electron chi connectivity index (χ1n) is 10.5. The molecule has 0 radical (unpaired) electrons. The van der Waals surface area contributed by atoms with Crippen LogP contribution in [0.25, 0.3) is 0 Å². The van der Waals surface area contributed by atoms with Crippen LogP contribution in [-0.2, 0) is 17.6 Å². The minimum Gasteiger partial charge on any atom is -0.494 e. The molecule has 4 heteroatoms. The average molecular weight is 381 g/mol. The highest BCUT2D eigenvalue weighted by Gasteiger charge is 2.24. The van der Waals surface area contributed by atoms with E-state index in [2.05, 4.69) is 54.0 Å². The first-order chi connectivity index (χ1) is 13.7. The van der Waals surface area contributed by atoms with E-state index in [0.29, 0.717) is 19.2 Å². The lowest BCUT2D eigenvalue weighted by atomic mass is 9.92. The number of amides is 1. The Labute approximate surface area is 168 Å². The van der Waals surface area contributed by atoms with E-state index in [1.165, 1.54) is 11.1 Å². The molecular weight excluding hydrogens is 348 g/mol. The zero-order valence-corrected chi connectivity index (χ0v) is 16.8. The minimum atomic E-state index is 0.149. The van der Waals surface area contributed by atoms with Gasteiger partial charge in [-0.25, -0.2) is 0 Å². The number of hydrogen-bond acceptors (Lipinski definition) is 3. The van der Waals surface area contributed by atoms with Gasteiger partial charge in [-0.3, -0.25) is 4.79 Å². The maximum Gasteiger partial charge on any atom is 0.223 e. The maximum atomic E-state index is 12.3. The number of aryl methyl sites for hydroxylation is 1. The molecule has 3 rings (SSSR count). The average Bonchev–Trinajstić information content (AvgIpc) is 2.72. The van der Waals surface area contributed by atoms with Crippen LogP contribution in [0.5, 0.6) is 5.75 Å². The summed E-state index contributed by atoms with van der Waals surface area (Å²) in [6.45, 7) is 4.46. The number of nitrogens with one attached hydrogen (secondary N) is 2. The Morgan fingerprint density at radius 3 is 2.75 bits per heavy atom. The van der Waals surface area contributed by atoms with Gasteiger partial charge in [0.2, 0.25) is 5.91 Å². The molecule has 1 aliphatic heterocycles. The summed E-state index contributed by atoms with van der Waals surface area (Å²) in [4.78, 5) is 12.3. The molecule has 0 spiro atoms. The van der Waals surface area contributed by atoms with Gasteiger partial charge in [0, 0.05) is 18.5 Å². The molecule has 0 aromatic heterocycles. The van der Waals surface area contributed by atoms with E-state index in [4.69, 9.17) is 4.74 Å². The van der Waals surface area contributed by atoms with Crippen LogP contribution in [0.2, 0.25) is 0 Å². The summed E-state index contributed by atoms with van der Waals surface area (Å²) in [5.41, 5.74) is 2.54. The van der Waals surface area contributed by atoms with Crippen molar-refractivity contribution in [1.82, 2.24) is 10.6 Å². The van der Waals surface area contributed by atoms with Gasteiger partial charge in [-0.05, 0) is 68.8 Å². The second-order valence-electron chi connectivity index (χ2n) is 7.70. The molecule has 1 aliphatic rings. The molecule has 0 bridgehead atoms. The monoisotopic (exact) mass is 380 g/mol. The van der Waals surface area contributed by atoms with Crippen molar-refractivity contribution in [2.75, 3.05) is 19.7 Å². The third-order valence-corrected chi connectivity index (χ3v) is 5.33. The van der Waals surface area contributed by atoms with Crippen molar-refractivity contribution >= 4 is 5.91 Å². The van der Waals surface area contributed by atoms with Crippen LogP contribution in [-0.4, -0.2) is 31.6 Å². The van der Waals surface area contributed by atoms with Crippen LogP contribution in [0.3, 0.4) is 0 Å². The van der Waals surface area contributed by atoms with E-state index in [-0.39, 0.29) is 11.8 Å². The van der Waals surface area contributed by atoms with Crippen molar-refractivity contribution < 1.29 is 9.53 Å². The summed E-state index contributed by atoms with van der Waals surface area (Å²) in [7, 11) is 0. The molecule has 1 heterocycles. The second kappa shape index (κ2) is 10.9. The molecular formula is C24H32N2O2. The molecule has 0 saturated carbocycles. The molecule has 4 nitrogen and oxygen atoms in total. The van der Waals surface area contributed by atoms with E-state index >= 15 is 0 Å². The summed E-state index contributed by atoms with van der Waals surface area (Å²) < 4.78 is 5.91. The van der Waals surface area contributed by atoms with Crippen molar-refractivity contribution in [2.24, 2.45) is 5.92 Å². The topological polar surface area (TPSA) is 50.4 Å². The van der Waals surface area contributed by atoms with Crippen molar-refractivity contribution in [3.63, 3.8) is 0 Å². The van der Waals surface area contributed by atoms with Gasteiger partial charge in [-0.2, -0.15) is 0 Å². The summed E-state index contributed by atoms with van der Waals surface area (Å²) in [5, 5.41) is 6.50. The molecule has 1 saturated heterocycles. The van der Waals surface area contributed by atoms with Gasteiger partial charge in [0.15, 0.2) is 0 Å². The van der Waals surface area contributed by atoms with E-state index in [1.807, 2.05) is 18.2 Å². The lowest BCUT2D eigenvalue weighted by Gasteiger charge is -2.27. The van der Waals surface area contributed by atoms with E-state index in [9.17, 15) is 4.79 Å². The lowest BCUT2D eigenvalue weighted by molar-refractivity contribution is -0.126. The molecule has 2 atom stereocenters. The molecule has 1 fully saturated rings. The third-order valence-electron chi connectivity index (χ3n) is 5.33. The first kappa shape index (κ1) is 20.4. The highest BCUT2D eigenvalue weighted by molar-refractivity contribution is 5.78. The zero-order chi connectivity index (χ0) is 19.6. The molecule has 2 aromatic carbocycles. The Balaban J connectivity index is 1.36. The molecule has 2 N–H and O–H groups in total. The quantitative estimate of drug-likeness (QED) is 0.652. The van der Waals surface area contributed by atoms with Gasteiger partial charge >= 0.3 is 0 Å². The number of benzene rings is 2. The van der Waals surface area contributed by atoms with E-state index < -0.39 is 0 Å². The fraction of sp³-hybridized carbons (Fsp3) is 0.458. The molecule has 28 heavy (non-hydrogen) atoms. The van der Waals surface area contributed by atoms with Gasteiger partial charge < -0.3 is 15.4 Å². The molecule has 0 aliphatic carbocycles. The maximum absolute atomic E-state index is 12.3. The lowest BCUT2D eigenvalue weighted by Crippen LogP contribution is -2.42. The Bertz CT molecular complexity index is 732. The van der Waals surface area contributed by atoms with Crippen LogP contribution in [0, 0.1) is 5.92 Å². The van der Waals surface area contributed by atoms with Crippen molar-refractivity contribution in [1.29, 1.82) is 0 Å². The molecule has 1 amide bonds. The van der Waals surface area contributed by atoms with Crippen molar-refractivity contribution in [3.8, 4) is 5.75 Å². The van der Waals surface area contributed by atoms with Crippen LogP contribution >= 0.6 is 0 Å². The molecule has 0 unspecified atom stereocenters. The van der Waals surface area contributed by atoms with Crippen LogP contribution in [0.15, 0.2) is 54.6 Å². The number of rotatable bonds is 9. The van der Waals surface area contributed by atoms with E-state index in [1.54, 1.807) is 0 Å². The van der Waals surface area contributed by atoms with Crippen LogP contribution < -0.4 is 15.4 Å². The Kier molecular flexibility index (Phi) is 7.92. The number of ether oxygens (including phenoxy) is 1. The summed E-state index contributed by atoms with van der Waals surface area (Å²) in [5.74, 6) is 1.25. The first-order valence-corrected chi connectivity index (χ1v) is 10.5. The predicted octanol–water partition coefficient (Wildman–Crippen LogP) is 3.75. The van der Waals surface area contributed by atoms with Gasteiger partial charge in [-0.15, -0.1) is 0 Å². The number of piperidine rings is 1. The van der Waals surface area contributed by atoms with Gasteiger partial charge in [0.05, 0.1) is 6.61 Å². The Hall–Kier alpha value is -2.33. The molecule has 150 valence electrons. The van der Waals surface area contributed by atoms with Crippen molar-refractivity contribution in [3.05, 3.63) is 65.7 Å². The van der Waals surface area contributed by atoms with Gasteiger partial charge in [-0.1, -0.05) is 42.5 Å². The number of carbonyl (C=O) groups excluding carboxylic acids is 1. The van der Waals surface area contributed by atoms with Gasteiger partial charge in [0.25, 0.3) is 0 Å². The number of carbonyl (C=O) groups is 1. The third kappa shape index (κ3) is 6.68. The Morgan fingerprint density at radius 2 is 1.93 bits per heavy atom. The van der Waals surface area contributed by atoms with Crippen LogP contribution in [0.4, 0.5) is 0 Å². The SMILES string of the molecule is C[C@H]1C[C@@H](C(=O)NCCc2cccc(OCCCc3ccccc3)c2)CCN1. The Morgan fingerprint density at radius 1 is 1.11 bits per heavy atom. The second-order valence-corrected chi connectivity index (χ2v) is 7.70. The minimum absolute atomic E-state index is 0.149. The smallest absolute Gasteiger partial charge is 0.223 e. The summed E-state index contributed by atoms with van der Waals surface area (Å²) in [6.07, 6.45) is 4.72. The van der Waals surface area contributed by atoms with Crippen molar-refractivity contribution in [2.45, 2.75) is 45.1 Å². The highest BCUT2D eigenvalue weighted by atomic mass is 16.5.